The van der Waals surface area contributed by atoms with Gasteiger partial charge < -0.3 is 34.3 Å². The molecule has 2 aromatic rings. The molecule has 8 heteroatoms. The summed E-state index contributed by atoms with van der Waals surface area (Å²) in [7, 11) is 4.60. The summed E-state index contributed by atoms with van der Waals surface area (Å²) in [5.41, 5.74) is 1.30. The van der Waals surface area contributed by atoms with Gasteiger partial charge in [-0.2, -0.15) is 0 Å². The number of anilines is 2. The lowest BCUT2D eigenvalue weighted by molar-refractivity contribution is -0.114. The predicted molar refractivity (Wildman–Crippen MR) is 95.8 cm³/mol. The van der Waals surface area contributed by atoms with Gasteiger partial charge in [-0.1, -0.05) is 0 Å². The summed E-state index contributed by atoms with van der Waals surface area (Å²) in [6.07, 6.45) is 0. The quantitative estimate of drug-likeness (QED) is 0.784. The molecule has 0 aromatic heterocycles. The Morgan fingerprint density at radius 1 is 0.962 bits per heavy atom. The van der Waals surface area contributed by atoms with E-state index in [4.69, 9.17) is 23.7 Å². The minimum Gasteiger partial charge on any atom is -0.493 e. The van der Waals surface area contributed by atoms with E-state index in [-0.39, 0.29) is 19.2 Å². The largest absolute Gasteiger partial charge is 0.493 e. The van der Waals surface area contributed by atoms with Gasteiger partial charge in [-0.15, -0.1) is 0 Å². The van der Waals surface area contributed by atoms with Crippen molar-refractivity contribution in [3.8, 4) is 28.7 Å². The van der Waals surface area contributed by atoms with Crippen molar-refractivity contribution in [3.63, 3.8) is 0 Å². The minimum absolute atomic E-state index is 0.0626. The highest BCUT2D eigenvalue weighted by atomic mass is 16.7. The highest BCUT2D eigenvalue weighted by Crippen LogP contribution is 2.40. The van der Waals surface area contributed by atoms with Gasteiger partial charge >= 0.3 is 0 Å². The number of hydrogen-bond acceptors (Lipinski definition) is 7. The Labute approximate surface area is 151 Å². The van der Waals surface area contributed by atoms with E-state index >= 15 is 0 Å². The monoisotopic (exact) mass is 360 g/mol. The summed E-state index contributed by atoms with van der Waals surface area (Å²) >= 11 is 0. The first-order chi connectivity index (χ1) is 12.6. The fraction of sp³-hybridized carbons (Fsp3) is 0.278. The molecule has 0 saturated carbocycles. The van der Waals surface area contributed by atoms with Crippen LogP contribution in [0.4, 0.5) is 11.4 Å². The first-order valence-electron chi connectivity index (χ1n) is 7.88. The van der Waals surface area contributed by atoms with E-state index in [0.29, 0.717) is 40.1 Å². The van der Waals surface area contributed by atoms with E-state index in [0.717, 1.165) is 0 Å². The van der Waals surface area contributed by atoms with Crippen LogP contribution >= 0.6 is 0 Å². The Morgan fingerprint density at radius 3 is 2.31 bits per heavy atom. The molecule has 1 aliphatic rings. The molecular formula is C18H20N2O6. The molecule has 0 fully saturated rings. The Bertz CT molecular complexity index is 783. The van der Waals surface area contributed by atoms with E-state index < -0.39 is 0 Å². The number of rotatable bonds is 7. The van der Waals surface area contributed by atoms with E-state index in [1.165, 1.54) is 21.3 Å². The van der Waals surface area contributed by atoms with E-state index in [1.807, 2.05) is 0 Å². The van der Waals surface area contributed by atoms with Crippen molar-refractivity contribution in [2.45, 2.75) is 0 Å². The second-order valence-electron chi connectivity index (χ2n) is 5.38. The smallest absolute Gasteiger partial charge is 0.243 e. The Kier molecular flexibility index (Phi) is 5.21. The number of methoxy groups -OCH3 is 3. The van der Waals surface area contributed by atoms with Crippen molar-refractivity contribution < 1.29 is 28.5 Å². The molecule has 1 aliphatic heterocycles. The molecule has 0 atom stereocenters. The first-order valence-corrected chi connectivity index (χ1v) is 7.88. The zero-order valence-electron chi connectivity index (χ0n) is 14.8. The summed E-state index contributed by atoms with van der Waals surface area (Å²) in [4.78, 5) is 12.2. The van der Waals surface area contributed by atoms with E-state index in [1.54, 1.807) is 30.3 Å². The lowest BCUT2D eigenvalue weighted by Crippen LogP contribution is -2.21. The molecule has 0 unspecified atom stereocenters. The summed E-state index contributed by atoms with van der Waals surface area (Å²) in [5, 5.41) is 5.83. The average Bonchev–Trinajstić information content (AvgIpc) is 3.13. The van der Waals surface area contributed by atoms with Crippen LogP contribution in [0.5, 0.6) is 28.7 Å². The molecule has 2 N–H and O–H groups in total. The van der Waals surface area contributed by atoms with Gasteiger partial charge in [0, 0.05) is 29.6 Å². The minimum atomic E-state index is -0.211. The molecule has 0 radical (unpaired) electrons. The lowest BCUT2D eigenvalue weighted by atomic mass is 10.2. The van der Waals surface area contributed by atoms with Gasteiger partial charge in [0.1, 0.15) is 0 Å². The van der Waals surface area contributed by atoms with Gasteiger partial charge in [0.05, 0.1) is 27.9 Å². The van der Waals surface area contributed by atoms with Crippen LogP contribution in [-0.2, 0) is 4.79 Å². The maximum Gasteiger partial charge on any atom is 0.243 e. The third-order valence-corrected chi connectivity index (χ3v) is 3.77. The van der Waals surface area contributed by atoms with Crippen molar-refractivity contribution in [3.05, 3.63) is 30.3 Å². The first kappa shape index (κ1) is 17.5. The molecule has 2 aromatic carbocycles. The number of carbonyl (C=O) groups is 1. The highest BCUT2D eigenvalue weighted by Gasteiger charge is 2.15. The standard InChI is InChI=1S/C18H20N2O6/c1-22-15-7-12(8-16(23-2)18(15)24-3)19-9-17(21)20-11-4-5-13-14(6-11)26-10-25-13/h4-8,19H,9-10H2,1-3H3,(H,20,21). The van der Waals surface area contributed by atoms with Crippen LogP contribution in [0.25, 0.3) is 0 Å². The van der Waals surface area contributed by atoms with Crippen LogP contribution in [0.3, 0.4) is 0 Å². The maximum atomic E-state index is 12.2. The zero-order valence-corrected chi connectivity index (χ0v) is 14.8. The number of amides is 1. The third-order valence-electron chi connectivity index (χ3n) is 3.77. The molecule has 1 heterocycles. The predicted octanol–water partition coefficient (Wildman–Crippen LogP) is 2.49. The van der Waals surface area contributed by atoms with Crippen LogP contribution in [0.1, 0.15) is 0 Å². The van der Waals surface area contributed by atoms with Gasteiger partial charge in [-0.25, -0.2) is 0 Å². The van der Waals surface area contributed by atoms with Crippen LogP contribution in [0.2, 0.25) is 0 Å². The van der Waals surface area contributed by atoms with Gasteiger partial charge in [-0.05, 0) is 12.1 Å². The molecule has 0 saturated heterocycles. The highest BCUT2D eigenvalue weighted by molar-refractivity contribution is 5.94. The lowest BCUT2D eigenvalue weighted by Gasteiger charge is -2.15. The molecule has 1 amide bonds. The SMILES string of the molecule is COc1cc(NCC(=O)Nc2ccc3c(c2)OCO3)cc(OC)c1OC. The van der Waals surface area contributed by atoms with Crippen LogP contribution < -0.4 is 34.3 Å². The molecule has 0 spiro atoms. The number of benzene rings is 2. The Balaban J connectivity index is 1.64. The number of ether oxygens (including phenoxy) is 5. The molecular weight excluding hydrogens is 340 g/mol. The molecule has 138 valence electrons. The van der Waals surface area contributed by atoms with Gasteiger partial charge in [0.15, 0.2) is 23.0 Å². The number of nitrogens with one attached hydrogen (secondary N) is 2. The van der Waals surface area contributed by atoms with Crippen LogP contribution in [-0.4, -0.2) is 40.6 Å². The maximum absolute atomic E-state index is 12.2. The normalized spacial score (nSPS) is 11.7. The van der Waals surface area contributed by atoms with Gasteiger partial charge in [0.25, 0.3) is 0 Å². The Morgan fingerprint density at radius 2 is 1.65 bits per heavy atom. The third kappa shape index (κ3) is 3.69. The summed E-state index contributed by atoms with van der Waals surface area (Å²) < 4.78 is 26.4. The fourth-order valence-electron chi connectivity index (χ4n) is 2.54. The number of fused-ring (bicyclic) bond motifs is 1. The molecule has 0 aliphatic carbocycles. The van der Waals surface area contributed by atoms with Gasteiger partial charge in [-0.3, -0.25) is 4.79 Å². The van der Waals surface area contributed by atoms with E-state index in [9.17, 15) is 4.79 Å². The van der Waals surface area contributed by atoms with Gasteiger partial charge in [0.2, 0.25) is 18.4 Å². The fourth-order valence-corrected chi connectivity index (χ4v) is 2.54. The average molecular weight is 360 g/mol. The second-order valence-corrected chi connectivity index (χ2v) is 5.38. The summed E-state index contributed by atoms with van der Waals surface area (Å²) in [6.45, 7) is 0.252. The van der Waals surface area contributed by atoms with Crippen LogP contribution in [0, 0.1) is 0 Å². The molecule has 3 rings (SSSR count). The Hall–Kier alpha value is -3.29. The van der Waals surface area contributed by atoms with Crippen molar-refractivity contribution in [2.75, 3.05) is 45.3 Å². The molecule has 8 nitrogen and oxygen atoms in total. The topological polar surface area (TPSA) is 87.3 Å². The van der Waals surface area contributed by atoms with Crippen molar-refractivity contribution in [1.82, 2.24) is 0 Å². The number of hydrogen-bond donors (Lipinski definition) is 2. The second kappa shape index (κ2) is 7.73. The van der Waals surface area contributed by atoms with Crippen LogP contribution in [0.15, 0.2) is 30.3 Å². The summed E-state index contributed by atoms with van der Waals surface area (Å²) in [5.74, 6) is 2.57. The number of carbonyl (C=O) groups excluding carboxylic acids is 1. The van der Waals surface area contributed by atoms with Crippen molar-refractivity contribution >= 4 is 17.3 Å². The van der Waals surface area contributed by atoms with E-state index in [2.05, 4.69) is 10.6 Å². The molecule has 26 heavy (non-hydrogen) atoms. The molecule has 0 bridgehead atoms. The van der Waals surface area contributed by atoms with Crippen molar-refractivity contribution in [2.24, 2.45) is 0 Å². The summed E-state index contributed by atoms with van der Waals surface area (Å²) in [6, 6.07) is 8.69. The van der Waals surface area contributed by atoms with Crippen molar-refractivity contribution in [1.29, 1.82) is 0 Å². The zero-order chi connectivity index (χ0) is 18.5.